The Labute approximate surface area is 163 Å². The molecule has 7 nitrogen and oxygen atoms in total. The molecule has 2 heterocycles. The zero-order valence-corrected chi connectivity index (χ0v) is 16.4. The van der Waals surface area contributed by atoms with E-state index in [1.165, 1.54) is 6.42 Å². The lowest BCUT2D eigenvalue weighted by Gasteiger charge is -2.45. The summed E-state index contributed by atoms with van der Waals surface area (Å²) in [5.74, 6) is 0.658. The van der Waals surface area contributed by atoms with E-state index in [1.54, 1.807) is 0 Å². The fraction of sp³-hybridized carbons (Fsp3) is 0.421. The number of halogens is 1. The molecule has 2 aliphatic rings. The Morgan fingerprint density at radius 2 is 1.63 bits per heavy atom. The number of rotatable bonds is 2. The molecule has 1 spiro atoms. The van der Waals surface area contributed by atoms with Crippen molar-refractivity contribution in [3.8, 4) is 5.69 Å². The van der Waals surface area contributed by atoms with Gasteiger partial charge in [-0.05, 0) is 63.8 Å². The zero-order valence-electron chi connectivity index (χ0n) is 15.6. The minimum Gasteiger partial charge on any atom is -0.369 e. The van der Waals surface area contributed by atoms with Gasteiger partial charge in [0.25, 0.3) is 0 Å². The van der Waals surface area contributed by atoms with Crippen molar-refractivity contribution in [2.24, 2.45) is 21.5 Å². The second kappa shape index (κ2) is 6.56. The van der Waals surface area contributed by atoms with Crippen LogP contribution in [-0.4, -0.2) is 27.4 Å². The lowest BCUT2D eigenvalue weighted by Crippen LogP contribution is -2.58. The van der Waals surface area contributed by atoms with E-state index in [0.29, 0.717) is 11.0 Å². The van der Waals surface area contributed by atoms with Crippen LogP contribution in [0.15, 0.2) is 34.3 Å². The molecule has 142 valence electrons. The van der Waals surface area contributed by atoms with Crippen molar-refractivity contribution in [2.45, 2.75) is 51.6 Å². The average molecular weight is 386 g/mol. The number of aliphatic imine (C=N–C) groups is 2. The van der Waals surface area contributed by atoms with E-state index < -0.39 is 5.66 Å². The quantitative estimate of drug-likeness (QED) is 0.828. The molecule has 2 aromatic rings. The summed E-state index contributed by atoms with van der Waals surface area (Å²) < 4.78 is 1.85. The summed E-state index contributed by atoms with van der Waals surface area (Å²) in [5.41, 5.74) is 15.4. The van der Waals surface area contributed by atoms with Gasteiger partial charge in [0.05, 0.1) is 22.1 Å². The molecule has 0 bridgehead atoms. The van der Waals surface area contributed by atoms with Gasteiger partial charge in [-0.1, -0.05) is 18.0 Å². The highest BCUT2D eigenvalue weighted by molar-refractivity contribution is 6.31. The van der Waals surface area contributed by atoms with Gasteiger partial charge in [-0.2, -0.15) is 10.1 Å². The first-order chi connectivity index (χ1) is 12.9. The van der Waals surface area contributed by atoms with Crippen LogP contribution < -0.4 is 16.4 Å². The summed E-state index contributed by atoms with van der Waals surface area (Å²) in [6.07, 6.45) is 5.24. The molecule has 27 heavy (non-hydrogen) atoms. The summed E-state index contributed by atoms with van der Waals surface area (Å²) in [5, 5.41) is 5.21. The third-order valence-corrected chi connectivity index (χ3v) is 5.95. The smallest absolute Gasteiger partial charge is 0.220 e. The second-order valence-corrected chi connectivity index (χ2v) is 7.61. The molecule has 0 radical (unpaired) electrons. The van der Waals surface area contributed by atoms with Gasteiger partial charge in [0.15, 0.2) is 0 Å². The molecule has 0 unspecified atom stereocenters. The van der Waals surface area contributed by atoms with E-state index in [0.717, 1.165) is 48.4 Å². The molecule has 0 atom stereocenters. The lowest BCUT2D eigenvalue weighted by atomic mass is 9.87. The summed E-state index contributed by atoms with van der Waals surface area (Å²) >= 11 is 6.28. The molecule has 4 N–H and O–H groups in total. The molecule has 1 aliphatic heterocycles. The van der Waals surface area contributed by atoms with Crippen molar-refractivity contribution in [3.63, 3.8) is 0 Å². The number of anilines is 1. The Morgan fingerprint density at radius 3 is 2.22 bits per heavy atom. The van der Waals surface area contributed by atoms with Crippen LogP contribution in [0.4, 0.5) is 5.69 Å². The van der Waals surface area contributed by atoms with Crippen molar-refractivity contribution in [1.82, 2.24) is 9.78 Å². The Bertz CT molecular complexity index is 920. The third kappa shape index (κ3) is 2.96. The van der Waals surface area contributed by atoms with Crippen molar-refractivity contribution < 1.29 is 0 Å². The number of nitrogens with zero attached hydrogens (tertiary/aromatic N) is 5. The summed E-state index contributed by atoms with van der Waals surface area (Å²) in [6, 6.07) is 8.07. The molecule has 1 aliphatic carbocycles. The summed E-state index contributed by atoms with van der Waals surface area (Å²) in [7, 11) is 0. The molecule has 4 rings (SSSR count). The molecular weight excluding hydrogens is 362 g/mol. The highest BCUT2D eigenvalue weighted by atomic mass is 35.5. The monoisotopic (exact) mass is 385 g/mol. The molecule has 1 fully saturated rings. The first-order valence-corrected chi connectivity index (χ1v) is 9.61. The summed E-state index contributed by atoms with van der Waals surface area (Å²) in [6.45, 7) is 3.86. The number of nitrogens with two attached hydrogens (primary N) is 2. The summed E-state index contributed by atoms with van der Waals surface area (Å²) in [4.78, 5) is 10.9. The number of hydrogen-bond donors (Lipinski definition) is 2. The fourth-order valence-electron chi connectivity index (χ4n) is 4.11. The average Bonchev–Trinajstić information content (AvgIpc) is 2.90. The minimum atomic E-state index is -0.433. The van der Waals surface area contributed by atoms with Crippen LogP contribution in [0.25, 0.3) is 5.69 Å². The van der Waals surface area contributed by atoms with Gasteiger partial charge in [0.1, 0.15) is 5.66 Å². The van der Waals surface area contributed by atoms with E-state index in [4.69, 9.17) is 28.1 Å². The van der Waals surface area contributed by atoms with E-state index in [-0.39, 0.29) is 5.96 Å². The van der Waals surface area contributed by atoms with Crippen LogP contribution in [-0.2, 0) is 0 Å². The van der Waals surface area contributed by atoms with Crippen LogP contribution in [0.5, 0.6) is 0 Å². The van der Waals surface area contributed by atoms with E-state index >= 15 is 0 Å². The third-order valence-electron chi connectivity index (χ3n) is 5.41. The number of hydrogen-bond acceptors (Lipinski definition) is 6. The Balaban J connectivity index is 1.72. The number of benzene rings is 1. The lowest BCUT2D eigenvalue weighted by molar-refractivity contribution is 0.305. The maximum Gasteiger partial charge on any atom is 0.220 e. The van der Waals surface area contributed by atoms with Crippen LogP contribution >= 0.6 is 11.6 Å². The standard InChI is InChI=1S/C19H24ClN7/c1-12-16(20)13(2)27(25-12)15-8-6-14(7-9-15)26-18(22)23-17(21)24-19(26)10-4-3-5-11-19/h6-9H,3-5,10-11H2,1-2H3,(H4,21,22,23,24). The largest absolute Gasteiger partial charge is 0.369 e. The number of guanidine groups is 2. The maximum atomic E-state index is 6.28. The van der Waals surface area contributed by atoms with Crippen molar-refractivity contribution in [3.05, 3.63) is 40.7 Å². The highest BCUT2D eigenvalue weighted by Crippen LogP contribution is 2.39. The SMILES string of the molecule is Cc1nn(-c2ccc(N3C(N)=NC(N)=NC34CCCCC4)cc2)c(C)c1Cl. The number of aromatic nitrogens is 2. The zero-order chi connectivity index (χ0) is 19.2. The van der Waals surface area contributed by atoms with Crippen molar-refractivity contribution in [1.29, 1.82) is 0 Å². The van der Waals surface area contributed by atoms with Gasteiger partial charge >= 0.3 is 0 Å². The van der Waals surface area contributed by atoms with E-state index in [9.17, 15) is 0 Å². The van der Waals surface area contributed by atoms with Crippen molar-refractivity contribution >= 4 is 29.2 Å². The van der Waals surface area contributed by atoms with Crippen molar-refractivity contribution in [2.75, 3.05) is 4.90 Å². The Hall–Kier alpha value is -2.54. The number of aryl methyl sites for hydroxylation is 1. The fourth-order valence-corrected chi connectivity index (χ4v) is 4.23. The second-order valence-electron chi connectivity index (χ2n) is 7.23. The van der Waals surface area contributed by atoms with E-state index in [1.807, 2.05) is 47.7 Å². The van der Waals surface area contributed by atoms with Crippen LogP contribution in [0.1, 0.15) is 43.5 Å². The Kier molecular flexibility index (Phi) is 4.34. The van der Waals surface area contributed by atoms with Gasteiger partial charge in [-0.25, -0.2) is 9.67 Å². The molecule has 1 aromatic heterocycles. The Morgan fingerprint density at radius 1 is 1.00 bits per heavy atom. The molecule has 0 amide bonds. The van der Waals surface area contributed by atoms with Gasteiger partial charge in [-0.3, -0.25) is 4.90 Å². The van der Waals surface area contributed by atoms with Gasteiger partial charge in [0.2, 0.25) is 11.9 Å². The van der Waals surface area contributed by atoms with Gasteiger partial charge < -0.3 is 11.5 Å². The normalized spacial score (nSPS) is 19.1. The molecular formula is C19H24ClN7. The maximum absolute atomic E-state index is 6.28. The highest BCUT2D eigenvalue weighted by Gasteiger charge is 2.42. The van der Waals surface area contributed by atoms with Crippen LogP contribution in [0.3, 0.4) is 0 Å². The van der Waals surface area contributed by atoms with Gasteiger partial charge in [0, 0.05) is 5.69 Å². The predicted molar refractivity (Wildman–Crippen MR) is 110 cm³/mol. The molecule has 0 saturated heterocycles. The van der Waals surface area contributed by atoms with Crippen LogP contribution in [0.2, 0.25) is 5.02 Å². The van der Waals surface area contributed by atoms with E-state index in [2.05, 4.69) is 10.1 Å². The minimum absolute atomic E-state index is 0.263. The van der Waals surface area contributed by atoms with Gasteiger partial charge in [-0.15, -0.1) is 0 Å². The molecule has 1 aromatic carbocycles. The van der Waals surface area contributed by atoms with Crippen LogP contribution in [0, 0.1) is 13.8 Å². The molecule has 1 saturated carbocycles. The predicted octanol–water partition coefficient (Wildman–Crippen LogP) is 3.25. The first kappa shape index (κ1) is 17.9. The topological polar surface area (TPSA) is 97.8 Å². The first-order valence-electron chi connectivity index (χ1n) is 9.23. The molecule has 8 heteroatoms.